The summed E-state index contributed by atoms with van der Waals surface area (Å²) in [7, 11) is 0. The largest absolute Gasteiger partial charge is 0.481 e. The molecule has 9 heteroatoms. The van der Waals surface area contributed by atoms with Crippen LogP contribution in [-0.2, 0) is 4.79 Å². The Morgan fingerprint density at radius 1 is 1.26 bits per heavy atom. The van der Waals surface area contributed by atoms with Crippen molar-refractivity contribution >= 4 is 52.2 Å². The molecule has 1 aromatic carbocycles. The van der Waals surface area contributed by atoms with Crippen LogP contribution in [0.25, 0.3) is 10.6 Å². The molecule has 0 saturated heterocycles. The van der Waals surface area contributed by atoms with E-state index in [0.717, 1.165) is 16.1 Å². The van der Waals surface area contributed by atoms with Crippen LogP contribution in [0.3, 0.4) is 0 Å². The Balaban J connectivity index is 1.71. The van der Waals surface area contributed by atoms with Gasteiger partial charge in [0.05, 0.1) is 23.0 Å². The maximum atomic E-state index is 11.2. The number of hydrogen-bond acceptors (Lipinski definition) is 5. The first-order chi connectivity index (χ1) is 13.0. The highest BCUT2D eigenvalue weighted by Gasteiger charge is 2.17. The van der Waals surface area contributed by atoms with E-state index >= 15 is 0 Å². The normalized spacial score (nSPS) is 11.6. The van der Waals surface area contributed by atoms with Crippen molar-refractivity contribution in [1.29, 1.82) is 0 Å². The van der Waals surface area contributed by atoms with E-state index in [0.29, 0.717) is 11.0 Å². The molecule has 1 atom stereocenters. The molecule has 0 amide bonds. The van der Waals surface area contributed by atoms with E-state index in [9.17, 15) is 9.90 Å². The second-order valence-electron chi connectivity index (χ2n) is 5.54. The van der Waals surface area contributed by atoms with Gasteiger partial charge in [0.2, 0.25) is 5.95 Å². The number of halogens is 1. The highest BCUT2D eigenvalue weighted by molar-refractivity contribution is 7.80. The van der Waals surface area contributed by atoms with Gasteiger partial charge in [-0.15, -0.1) is 11.3 Å². The summed E-state index contributed by atoms with van der Waals surface area (Å²) in [6.07, 6.45) is 1.50. The van der Waals surface area contributed by atoms with Crippen molar-refractivity contribution in [1.82, 2.24) is 15.3 Å². The molecule has 3 aromatic rings. The van der Waals surface area contributed by atoms with Crippen LogP contribution < -0.4 is 10.6 Å². The minimum atomic E-state index is -0.943. The monoisotopic (exact) mass is 418 g/mol. The molecule has 0 radical (unpaired) electrons. The zero-order valence-electron chi connectivity index (χ0n) is 13.9. The lowest BCUT2D eigenvalue weighted by Crippen LogP contribution is -2.34. The summed E-state index contributed by atoms with van der Waals surface area (Å²) in [4.78, 5) is 20.8. The number of benzene rings is 1. The van der Waals surface area contributed by atoms with Crippen LogP contribution in [-0.4, -0.2) is 26.2 Å². The Morgan fingerprint density at radius 2 is 2.04 bits per heavy atom. The van der Waals surface area contributed by atoms with Gasteiger partial charge in [0.25, 0.3) is 0 Å². The molecule has 3 rings (SSSR count). The van der Waals surface area contributed by atoms with Crippen LogP contribution in [0.1, 0.15) is 18.0 Å². The fraction of sp³-hybridized carbons (Fsp3) is 0.111. The summed E-state index contributed by atoms with van der Waals surface area (Å²) in [6.45, 7) is 0. The molecule has 2 heterocycles. The van der Waals surface area contributed by atoms with Gasteiger partial charge in [-0.1, -0.05) is 29.8 Å². The van der Waals surface area contributed by atoms with Crippen LogP contribution in [0.15, 0.2) is 54.0 Å². The number of nitrogens with zero attached hydrogens (tertiary/aromatic N) is 2. The summed E-state index contributed by atoms with van der Waals surface area (Å²) in [5.74, 6) is -0.607. The fourth-order valence-electron chi connectivity index (χ4n) is 2.40. The van der Waals surface area contributed by atoms with E-state index in [-0.39, 0.29) is 11.5 Å². The number of aliphatic carboxylic acids is 1. The number of thiocarbonyl (C=S) groups is 1. The molecule has 138 valence electrons. The lowest BCUT2D eigenvalue weighted by molar-refractivity contribution is -0.137. The maximum absolute atomic E-state index is 11.2. The van der Waals surface area contributed by atoms with Gasteiger partial charge in [0.1, 0.15) is 0 Å². The van der Waals surface area contributed by atoms with Crippen molar-refractivity contribution in [2.24, 2.45) is 0 Å². The molecule has 0 fully saturated rings. The Hall–Kier alpha value is -2.55. The fourth-order valence-corrected chi connectivity index (χ4v) is 3.45. The Bertz CT molecular complexity index is 933. The molecule has 6 nitrogen and oxygen atoms in total. The van der Waals surface area contributed by atoms with Gasteiger partial charge in [-0.2, -0.15) is 0 Å². The van der Waals surface area contributed by atoms with Crippen molar-refractivity contribution < 1.29 is 9.90 Å². The van der Waals surface area contributed by atoms with Crippen molar-refractivity contribution in [3.63, 3.8) is 0 Å². The summed E-state index contributed by atoms with van der Waals surface area (Å²) in [5, 5.41) is 17.9. The third-order valence-electron chi connectivity index (χ3n) is 3.61. The zero-order chi connectivity index (χ0) is 19.2. The number of nitrogens with one attached hydrogen (secondary N) is 2. The smallest absolute Gasteiger partial charge is 0.305 e. The van der Waals surface area contributed by atoms with Gasteiger partial charge in [0.15, 0.2) is 5.11 Å². The van der Waals surface area contributed by atoms with Crippen LogP contribution >= 0.6 is 35.2 Å². The predicted octanol–water partition coefficient (Wildman–Crippen LogP) is 4.36. The van der Waals surface area contributed by atoms with Crippen molar-refractivity contribution in [3.05, 3.63) is 64.6 Å². The second kappa shape index (κ2) is 8.90. The topological polar surface area (TPSA) is 87.1 Å². The molecular weight excluding hydrogens is 404 g/mol. The van der Waals surface area contributed by atoms with Gasteiger partial charge in [-0.05, 0) is 47.4 Å². The zero-order valence-corrected chi connectivity index (χ0v) is 16.3. The SMILES string of the molecule is O=C(O)CC(NC(=S)Nc1nccc(-c2cccs2)n1)c1ccc(Cl)cc1. The highest BCUT2D eigenvalue weighted by Crippen LogP contribution is 2.23. The van der Waals surface area contributed by atoms with E-state index in [2.05, 4.69) is 20.6 Å². The Kier molecular flexibility index (Phi) is 6.33. The van der Waals surface area contributed by atoms with E-state index < -0.39 is 12.0 Å². The molecule has 0 saturated carbocycles. The van der Waals surface area contributed by atoms with Crippen molar-refractivity contribution in [3.8, 4) is 10.6 Å². The first-order valence-electron chi connectivity index (χ1n) is 7.93. The lowest BCUT2D eigenvalue weighted by atomic mass is 10.0. The number of anilines is 1. The van der Waals surface area contributed by atoms with Gasteiger partial charge in [0, 0.05) is 11.2 Å². The third-order valence-corrected chi connectivity index (χ3v) is 4.98. The molecule has 0 aliphatic rings. The van der Waals surface area contributed by atoms with Crippen molar-refractivity contribution in [2.75, 3.05) is 5.32 Å². The maximum Gasteiger partial charge on any atom is 0.305 e. The lowest BCUT2D eigenvalue weighted by Gasteiger charge is -2.19. The van der Waals surface area contributed by atoms with Gasteiger partial charge >= 0.3 is 5.97 Å². The van der Waals surface area contributed by atoms with E-state index in [1.54, 1.807) is 41.8 Å². The highest BCUT2D eigenvalue weighted by atomic mass is 35.5. The number of aromatic nitrogens is 2. The minimum absolute atomic E-state index is 0.139. The van der Waals surface area contributed by atoms with Crippen LogP contribution in [0.5, 0.6) is 0 Å². The Labute approximate surface area is 170 Å². The molecule has 0 aliphatic heterocycles. The first-order valence-corrected chi connectivity index (χ1v) is 9.59. The van der Waals surface area contributed by atoms with E-state index in [1.807, 2.05) is 23.6 Å². The van der Waals surface area contributed by atoms with Crippen LogP contribution in [0.2, 0.25) is 5.02 Å². The van der Waals surface area contributed by atoms with E-state index in [1.165, 1.54) is 0 Å². The summed E-state index contributed by atoms with van der Waals surface area (Å²) < 4.78 is 0. The minimum Gasteiger partial charge on any atom is -0.481 e. The number of carbonyl (C=O) groups is 1. The average molecular weight is 419 g/mol. The molecule has 27 heavy (non-hydrogen) atoms. The van der Waals surface area contributed by atoms with Crippen LogP contribution in [0, 0.1) is 0 Å². The van der Waals surface area contributed by atoms with Crippen molar-refractivity contribution in [2.45, 2.75) is 12.5 Å². The molecule has 0 spiro atoms. The number of carboxylic acids is 1. The second-order valence-corrected chi connectivity index (χ2v) is 7.34. The van der Waals surface area contributed by atoms with Gasteiger partial charge < -0.3 is 15.7 Å². The summed E-state index contributed by atoms with van der Waals surface area (Å²) in [6, 6.07) is 12.2. The Morgan fingerprint density at radius 3 is 2.70 bits per heavy atom. The number of rotatable bonds is 6. The van der Waals surface area contributed by atoms with Crippen LogP contribution in [0.4, 0.5) is 5.95 Å². The molecule has 3 N–H and O–H groups in total. The molecule has 0 bridgehead atoms. The molecule has 0 aliphatic carbocycles. The average Bonchev–Trinajstić information content (AvgIpc) is 3.16. The quantitative estimate of drug-likeness (QED) is 0.512. The first kappa shape index (κ1) is 19.2. The van der Waals surface area contributed by atoms with Gasteiger partial charge in [-0.3, -0.25) is 4.79 Å². The molecular formula is C18H15ClN4O2S2. The number of hydrogen-bond donors (Lipinski definition) is 3. The number of carboxylic acid groups (broad SMARTS) is 1. The van der Waals surface area contributed by atoms with E-state index in [4.69, 9.17) is 23.8 Å². The molecule has 2 aromatic heterocycles. The van der Waals surface area contributed by atoms with Gasteiger partial charge in [-0.25, -0.2) is 9.97 Å². The summed E-state index contributed by atoms with van der Waals surface area (Å²) >= 11 is 12.8. The standard InChI is InChI=1S/C18H15ClN4O2S2/c19-12-5-3-11(4-6-12)14(10-16(24)25)22-18(26)23-17-20-8-7-13(21-17)15-2-1-9-27-15/h1-9,14H,10H2,(H,24,25)(H2,20,21,22,23,26). The predicted molar refractivity (Wildman–Crippen MR) is 111 cm³/mol. The third kappa shape index (κ3) is 5.46. The number of thiophene rings is 1. The summed E-state index contributed by atoms with van der Waals surface area (Å²) in [5.41, 5.74) is 1.55. The molecule has 1 unspecified atom stereocenters.